The summed E-state index contributed by atoms with van der Waals surface area (Å²) in [4.78, 5) is 19.8. The van der Waals surface area contributed by atoms with E-state index in [0.29, 0.717) is 16.4 Å². The molecule has 24 heavy (non-hydrogen) atoms. The summed E-state index contributed by atoms with van der Waals surface area (Å²) in [6, 6.07) is 7.15. The highest BCUT2D eigenvalue weighted by Crippen LogP contribution is 2.44. The number of carbonyl (C=O) groups is 1. The number of thioether (sulfide) groups is 1. The van der Waals surface area contributed by atoms with E-state index < -0.39 is 5.92 Å². The molecule has 4 nitrogen and oxygen atoms in total. The predicted octanol–water partition coefficient (Wildman–Crippen LogP) is 3.62. The van der Waals surface area contributed by atoms with E-state index in [1.807, 2.05) is 0 Å². The van der Waals surface area contributed by atoms with Crippen LogP contribution in [0.1, 0.15) is 23.2 Å². The molecule has 2 aromatic rings. The zero-order valence-electron chi connectivity index (χ0n) is 13.3. The molecule has 1 heterocycles. The van der Waals surface area contributed by atoms with Gasteiger partial charge in [0.1, 0.15) is 5.69 Å². The number of methoxy groups -OCH3 is 1. The first-order valence-corrected chi connectivity index (χ1v) is 8.66. The number of fused-ring (bicyclic) bond motifs is 1. The Kier molecular flexibility index (Phi) is 4.54. The van der Waals surface area contributed by atoms with Crippen LogP contribution in [-0.4, -0.2) is 29.3 Å². The van der Waals surface area contributed by atoms with Crippen LogP contribution >= 0.6 is 11.8 Å². The van der Waals surface area contributed by atoms with Gasteiger partial charge in [-0.05, 0) is 18.2 Å². The maximum atomic E-state index is 14.0. The first-order valence-electron chi connectivity index (χ1n) is 7.44. The van der Waals surface area contributed by atoms with Crippen LogP contribution in [0.5, 0.6) is 0 Å². The van der Waals surface area contributed by atoms with E-state index in [1.54, 1.807) is 30.5 Å². The number of hydrogen-bond donors (Lipinski definition) is 0. The Balaban J connectivity index is 2.01. The van der Waals surface area contributed by atoms with E-state index >= 15 is 0 Å². The molecule has 0 unspecified atom stereocenters. The summed E-state index contributed by atoms with van der Waals surface area (Å²) in [7, 11) is 1.34. The summed E-state index contributed by atoms with van der Waals surface area (Å²) in [6.07, 6.45) is 1.96. The molecule has 0 bridgehead atoms. The first kappa shape index (κ1) is 16.8. The van der Waals surface area contributed by atoms with Crippen molar-refractivity contribution in [2.75, 3.05) is 13.4 Å². The van der Waals surface area contributed by atoms with Crippen LogP contribution in [0.25, 0.3) is 11.3 Å². The predicted molar refractivity (Wildman–Crippen MR) is 87.2 cm³/mol. The third kappa shape index (κ3) is 3.13. The quantitative estimate of drug-likeness (QED) is 0.479. The Bertz CT molecular complexity index is 779. The van der Waals surface area contributed by atoms with Crippen LogP contribution in [0.3, 0.4) is 0 Å². The summed E-state index contributed by atoms with van der Waals surface area (Å²) in [5, 5.41) is 0.337. The standard InChI is InChI=1S/C17H16F2N2O2S/c1-23-13(22)9-10-3-5-11(6-4-10)14-12-7-8-17(18,19)15(12)21-16(20-14)24-2/h3-6H,7-9H2,1-2H3. The van der Waals surface area contributed by atoms with Gasteiger partial charge in [0.25, 0.3) is 5.92 Å². The van der Waals surface area contributed by atoms with Crippen LogP contribution in [-0.2, 0) is 28.3 Å². The molecule has 1 aromatic heterocycles. The first-order chi connectivity index (χ1) is 11.4. The number of aromatic nitrogens is 2. The average Bonchev–Trinajstić information content (AvgIpc) is 2.90. The number of benzene rings is 1. The van der Waals surface area contributed by atoms with Crippen molar-refractivity contribution in [2.45, 2.75) is 30.3 Å². The summed E-state index contributed by atoms with van der Waals surface area (Å²) < 4.78 is 32.7. The zero-order chi connectivity index (χ0) is 17.3. The van der Waals surface area contributed by atoms with Crippen LogP contribution in [0.2, 0.25) is 0 Å². The highest BCUT2D eigenvalue weighted by atomic mass is 32.2. The molecule has 0 N–H and O–H groups in total. The second kappa shape index (κ2) is 6.47. The SMILES string of the molecule is COC(=O)Cc1ccc(-c2nc(SC)nc3c2CCC3(F)F)cc1. The van der Waals surface area contributed by atoms with Gasteiger partial charge in [0.05, 0.1) is 19.2 Å². The van der Waals surface area contributed by atoms with Gasteiger partial charge >= 0.3 is 5.97 Å². The van der Waals surface area contributed by atoms with Gasteiger partial charge in [0.15, 0.2) is 5.16 Å². The van der Waals surface area contributed by atoms with Crippen LogP contribution in [0.15, 0.2) is 29.4 Å². The molecule has 0 aliphatic heterocycles. The molecule has 0 spiro atoms. The van der Waals surface area contributed by atoms with Crippen molar-refractivity contribution in [2.24, 2.45) is 0 Å². The monoisotopic (exact) mass is 350 g/mol. The Morgan fingerprint density at radius 1 is 1.29 bits per heavy atom. The van der Waals surface area contributed by atoms with Gasteiger partial charge in [-0.1, -0.05) is 36.0 Å². The number of carbonyl (C=O) groups excluding carboxylic acids is 1. The largest absolute Gasteiger partial charge is 0.469 e. The van der Waals surface area contributed by atoms with E-state index in [9.17, 15) is 13.6 Å². The molecule has 126 valence electrons. The molecule has 0 fully saturated rings. The number of nitrogens with zero attached hydrogens (tertiary/aromatic N) is 2. The van der Waals surface area contributed by atoms with Crippen LogP contribution in [0.4, 0.5) is 8.78 Å². The van der Waals surface area contributed by atoms with Crippen molar-refractivity contribution in [1.82, 2.24) is 9.97 Å². The molecule has 1 aliphatic rings. The third-order valence-electron chi connectivity index (χ3n) is 4.01. The number of esters is 1. The van der Waals surface area contributed by atoms with Gasteiger partial charge in [0.2, 0.25) is 0 Å². The summed E-state index contributed by atoms with van der Waals surface area (Å²) in [5.74, 6) is -3.22. The van der Waals surface area contributed by atoms with Crippen molar-refractivity contribution in [1.29, 1.82) is 0 Å². The third-order valence-corrected chi connectivity index (χ3v) is 4.56. The van der Waals surface area contributed by atoms with Gasteiger partial charge < -0.3 is 4.74 Å². The Morgan fingerprint density at radius 2 is 2.00 bits per heavy atom. The molecule has 3 rings (SSSR count). The van der Waals surface area contributed by atoms with E-state index in [4.69, 9.17) is 0 Å². The molecule has 7 heteroatoms. The fourth-order valence-corrected chi connectivity index (χ4v) is 3.12. The second-order valence-corrected chi connectivity index (χ2v) is 6.31. The number of hydrogen-bond acceptors (Lipinski definition) is 5. The van der Waals surface area contributed by atoms with Gasteiger partial charge in [-0.15, -0.1) is 0 Å². The van der Waals surface area contributed by atoms with E-state index in [2.05, 4.69) is 14.7 Å². The maximum absolute atomic E-state index is 14.0. The second-order valence-electron chi connectivity index (χ2n) is 5.54. The lowest BCUT2D eigenvalue weighted by Crippen LogP contribution is -2.11. The van der Waals surface area contributed by atoms with Crippen LogP contribution in [0, 0.1) is 0 Å². The lowest BCUT2D eigenvalue weighted by atomic mass is 10.0. The fourth-order valence-electron chi connectivity index (χ4n) is 2.75. The lowest BCUT2D eigenvalue weighted by molar-refractivity contribution is -0.139. The van der Waals surface area contributed by atoms with Crippen molar-refractivity contribution in [3.8, 4) is 11.3 Å². The highest BCUT2D eigenvalue weighted by molar-refractivity contribution is 7.98. The molecular weight excluding hydrogens is 334 g/mol. The maximum Gasteiger partial charge on any atom is 0.309 e. The number of halogens is 2. The Morgan fingerprint density at radius 3 is 2.62 bits per heavy atom. The minimum atomic E-state index is -2.90. The summed E-state index contributed by atoms with van der Waals surface area (Å²) >= 11 is 1.24. The lowest BCUT2D eigenvalue weighted by Gasteiger charge is -2.12. The molecule has 1 aromatic carbocycles. The number of rotatable bonds is 4. The van der Waals surface area contributed by atoms with Crippen molar-refractivity contribution < 1.29 is 18.3 Å². The minimum Gasteiger partial charge on any atom is -0.469 e. The Hall–Kier alpha value is -2.02. The van der Waals surface area contributed by atoms with Gasteiger partial charge in [-0.2, -0.15) is 8.78 Å². The van der Waals surface area contributed by atoms with Crippen molar-refractivity contribution >= 4 is 17.7 Å². The highest BCUT2D eigenvalue weighted by Gasteiger charge is 2.43. The molecule has 0 atom stereocenters. The summed E-state index contributed by atoms with van der Waals surface area (Å²) in [5.41, 5.74) is 2.45. The number of ether oxygens (including phenoxy) is 1. The van der Waals surface area contributed by atoms with Gasteiger partial charge in [-0.3, -0.25) is 4.79 Å². The van der Waals surface area contributed by atoms with E-state index in [-0.39, 0.29) is 30.9 Å². The van der Waals surface area contributed by atoms with Gasteiger partial charge in [0, 0.05) is 17.5 Å². The fraction of sp³-hybridized carbons (Fsp3) is 0.353. The van der Waals surface area contributed by atoms with Crippen molar-refractivity contribution in [3.63, 3.8) is 0 Å². The normalized spacial score (nSPS) is 15.2. The molecule has 1 aliphatic carbocycles. The molecule has 0 saturated carbocycles. The molecule has 0 amide bonds. The molecule has 0 saturated heterocycles. The zero-order valence-corrected chi connectivity index (χ0v) is 14.1. The van der Waals surface area contributed by atoms with E-state index in [1.165, 1.54) is 18.9 Å². The molecular formula is C17H16F2N2O2S. The van der Waals surface area contributed by atoms with Crippen molar-refractivity contribution in [3.05, 3.63) is 41.1 Å². The number of alkyl halides is 2. The average molecular weight is 350 g/mol. The Labute approximate surface area is 142 Å². The minimum absolute atomic E-state index is 0.157. The topological polar surface area (TPSA) is 52.1 Å². The van der Waals surface area contributed by atoms with Gasteiger partial charge in [-0.25, -0.2) is 9.97 Å². The van der Waals surface area contributed by atoms with Crippen LogP contribution < -0.4 is 0 Å². The van der Waals surface area contributed by atoms with E-state index in [0.717, 1.165) is 11.1 Å². The smallest absolute Gasteiger partial charge is 0.309 e. The molecule has 0 radical (unpaired) electrons. The summed E-state index contributed by atoms with van der Waals surface area (Å²) in [6.45, 7) is 0.